The van der Waals surface area contributed by atoms with E-state index in [1.165, 1.54) is 31.4 Å². The van der Waals surface area contributed by atoms with Gasteiger partial charge in [-0.05, 0) is 29.8 Å². The van der Waals surface area contributed by atoms with Crippen molar-refractivity contribution in [2.45, 2.75) is 12.5 Å². The molecule has 7 nitrogen and oxygen atoms in total. The van der Waals surface area contributed by atoms with Gasteiger partial charge in [0, 0.05) is 29.7 Å². The molecule has 0 aliphatic rings. The van der Waals surface area contributed by atoms with Gasteiger partial charge in [-0.3, -0.25) is 10.1 Å². The van der Waals surface area contributed by atoms with Crippen molar-refractivity contribution in [2.75, 3.05) is 7.11 Å². The summed E-state index contributed by atoms with van der Waals surface area (Å²) in [6.07, 6.45) is 0.0390. The molecule has 0 saturated heterocycles. The highest BCUT2D eigenvalue weighted by molar-refractivity contribution is 6.10. The van der Waals surface area contributed by atoms with Gasteiger partial charge < -0.3 is 9.94 Å². The minimum absolute atomic E-state index is 0.0390. The Balaban J connectivity index is 2.08. The van der Waals surface area contributed by atoms with Crippen LogP contribution in [-0.4, -0.2) is 34.5 Å². The Morgan fingerprint density at radius 3 is 1.80 bits per heavy atom. The topological polar surface area (TPSA) is 95.5 Å². The molecule has 0 aliphatic heterocycles. The highest BCUT2D eigenvalue weighted by Crippen LogP contribution is 2.17. The lowest BCUT2D eigenvalue weighted by atomic mass is 10.00. The first-order valence-electron chi connectivity index (χ1n) is 9.26. The van der Waals surface area contributed by atoms with E-state index in [2.05, 4.69) is 0 Å². The van der Waals surface area contributed by atoms with Crippen molar-refractivity contribution in [3.8, 4) is 0 Å². The fourth-order valence-electron chi connectivity index (χ4n) is 3.14. The monoisotopic (exact) mass is 404 g/mol. The largest absolute Gasteiger partial charge is 0.623 e. The smallest absolute Gasteiger partial charge is 0.376 e. The predicted molar refractivity (Wildman–Crippen MR) is 112 cm³/mol. The van der Waals surface area contributed by atoms with Crippen LogP contribution in [0.5, 0.6) is 0 Å². The normalized spacial score (nSPS) is 11.4. The van der Waals surface area contributed by atoms with Gasteiger partial charge >= 0.3 is 5.97 Å². The number of nitro benzene ring substituents is 1. The number of rotatable bonds is 7. The van der Waals surface area contributed by atoms with Crippen molar-refractivity contribution in [3.63, 3.8) is 0 Å². The van der Waals surface area contributed by atoms with Gasteiger partial charge in [0.2, 0.25) is 5.71 Å². The molecule has 0 spiro atoms. The minimum Gasteiger partial charge on any atom is -0.623 e. The number of nitrogens with zero attached hydrogens (tertiary/aromatic N) is 2. The van der Waals surface area contributed by atoms with Gasteiger partial charge in [0.1, 0.15) is 0 Å². The molecule has 0 fully saturated rings. The molecular formula is C23H20N2O5. The number of methoxy groups -OCH3 is 1. The third kappa shape index (κ3) is 4.70. The molecule has 0 unspecified atom stereocenters. The van der Waals surface area contributed by atoms with Crippen LogP contribution in [0.3, 0.4) is 0 Å². The molecule has 7 heteroatoms. The van der Waals surface area contributed by atoms with Crippen molar-refractivity contribution in [2.24, 2.45) is 0 Å². The second kappa shape index (κ2) is 9.47. The van der Waals surface area contributed by atoms with E-state index in [-0.39, 0.29) is 12.1 Å². The molecule has 3 aromatic rings. The van der Waals surface area contributed by atoms with E-state index in [0.717, 1.165) is 0 Å². The zero-order valence-corrected chi connectivity index (χ0v) is 16.3. The molecule has 30 heavy (non-hydrogen) atoms. The average Bonchev–Trinajstić information content (AvgIpc) is 2.79. The number of hydrogen-bond donors (Lipinski definition) is 0. The van der Waals surface area contributed by atoms with Gasteiger partial charge in [-0.25, -0.2) is 4.79 Å². The number of carbonyl (C=O) groups is 1. The Morgan fingerprint density at radius 1 is 0.867 bits per heavy atom. The lowest BCUT2D eigenvalue weighted by Crippen LogP contribution is -2.38. The van der Waals surface area contributed by atoms with Crippen LogP contribution < -0.4 is 0 Å². The van der Waals surface area contributed by atoms with Crippen LogP contribution >= 0.6 is 0 Å². The number of benzene rings is 3. The summed E-state index contributed by atoms with van der Waals surface area (Å²) in [6, 6.07) is 22.7. The molecule has 3 rings (SSSR count). The maximum atomic E-state index is 13.5. The van der Waals surface area contributed by atoms with Crippen molar-refractivity contribution < 1.29 is 19.2 Å². The van der Waals surface area contributed by atoms with E-state index >= 15 is 0 Å². The molecule has 0 heterocycles. The lowest BCUT2D eigenvalue weighted by Gasteiger charge is -2.19. The summed E-state index contributed by atoms with van der Waals surface area (Å²) in [7, 11) is 1.23. The maximum absolute atomic E-state index is 13.5. The molecule has 0 bridgehead atoms. The maximum Gasteiger partial charge on any atom is 0.376 e. The van der Waals surface area contributed by atoms with E-state index in [0.29, 0.717) is 27.1 Å². The number of carbonyl (C=O) groups excluding carboxylic acids is 1. The van der Waals surface area contributed by atoms with Crippen LogP contribution in [0.1, 0.15) is 16.7 Å². The number of hydroxylamine groups is 1. The van der Waals surface area contributed by atoms with E-state index in [9.17, 15) is 20.1 Å². The molecule has 0 saturated carbocycles. The van der Waals surface area contributed by atoms with Crippen molar-refractivity contribution in [1.29, 1.82) is 0 Å². The Hall–Kier alpha value is -4.00. The van der Waals surface area contributed by atoms with Gasteiger partial charge in [0.15, 0.2) is 0 Å². The van der Waals surface area contributed by atoms with Crippen LogP contribution in [-0.2, 0) is 16.0 Å². The second-order valence-corrected chi connectivity index (χ2v) is 6.57. The third-order valence-corrected chi connectivity index (χ3v) is 4.65. The molecule has 152 valence electrons. The summed E-state index contributed by atoms with van der Waals surface area (Å²) >= 11 is 0. The summed E-state index contributed by atoms with van der Waals surface area (Å²) in [5.41, 5.74) is 2.21. The second-order valence-electron chi connectivity index (χ2n) is 6.57. The van der Waals surface area contributed by atoms with Crippen molar-refractivity contribution in [3.05, 3.63) is 117 Å². The minimum atomic E-state index is -1.16. The Kier molecular flexibility index (Phi) is 6.54. The van der Waals surface area contributed by atoms with E-state index < -0.39 is 16.9 Å². The molecule has 3 aromatic carbocycles. The van der Waals surface area contributed by atoms with Crippen LogP contribution in [0.25, 0.3) is 0 Å². The summed E-state index contributed by atoms with van der Waals surface area (Å²) in [4.78, 5) is 22.9. The van der Waals surface area contributed by atoms with Gasteiger partial charge in [0.05, 0.1) is 12.0 Å². The first-order valence-corrected chi connectivity index (χ1v) is 9.26. The van der Waals surface area contributed by atoms with Gasteiger partial charge in [-0.15, -0.1) is 0 Å². The number of esters is 1. The summed E-state index contributed by atoms with van der Waals surface area (Å²) < 4.78 is 5.55. The molecular weight excluding hydrogens is 384 g/mol. The summed E-state index contributed by atoms with van der Waals surface area (Å²) in [5, 5.41) is 24.4. The standard InChI is InChI=1S/C23H20N2O5/c1-30-23(26)21(16-17-12-14-20(15-13-17)25(28)29)24(27)22(18-8-4-2-5-9-18)19-10-6-3-7-11-19/h2-15,21H,16H2,1H3/t21-/m0/s1. The first-order chi connectivity index (χ1) is 14.5. The van der Waals surface area contributed by atoms with Crippen molar-refractivity contribution in [1.82, 2.24) is 0 Å². The van der Waals surface area contributed by atoms with Crippen molar-refractivity contribution >= 4 is 17.4 Å². The molecule has 0 N–H and O–H groups in total. The Morgan fingerprint density at radius 2 is 1.37 bits per heavy atom. The summed E-state index contributed by atoms with van der Waals surface area (Å²) in [6.45, 7) is 0. The molecule has 0 aromatic heterocycles. The Bertz CT molecular complexity index is 1010. The van der Waals surface area contributed by atoms with Crippen LogP contribution in [0.4, 0.5) is 5.69 Å². The molecule has 0 radical (unpaired) electrons. The zero-order valence-electron chi connectivity index (χ0n) is 16.3. The van der Waals surface area contributed by atoms with E-state index in [1.54, 1.807) is 24.3 Å². The fourth-order valence-corrected chi connectivity index (χ4v) is 3.14. The lowest BCUT2D eigenvalue weighted by molar-refractivity contribution is -0.488. The third-order valence-electron chi connectivity index (χ3n) is 4.65. The van der Waals surface area contributed by atoms with E-state index in [4.69, 9.17) is 4.74 Å². The van der Waals surface area contributed by atoms with Gasteiger partial charge in [-0.1, -0.05) is 48.5 Å². The fraction of sp³-hybridized carbons (Fsp3) is 0.130. The van der Waals surface area contributed by atoms with E-state index in [1.807, 2.05) is 36.4 Å². The first kappa shape index (κ1) is 20.7. The quantitative estimate of drug-likeness (QED) is 0.149. The Labute approximate surface area is 173 Å². The molecule has 1 atom stereocenters. The number of ether oxygens (including phenoxy) is 1. The SMILES string of the molecule is COC(=O)[C@H](Cc1ccc([N+](=O)[O-])cc1)[N+]([O-])=C(c1ccccc1)c1ccccc1. The number of hydrogen-bond acceptors (Lipinski definition) is 5. The van der Waals surface area contributed by atoms with Crippen LogP contribution in [0.15, 0.2) is 84.9 Å². The van der Waals surface area contributed by atoms with Gasteiger partial charge in [-0.2, -0.15) is 4.74 Å². The highest BCUT2D eigenvalue weighted by Gasteiger charge is 2.31. The average molecular weight is 404 g/mol. The molecule has 0 aliphatic carbocycles. The zero-order chi connectivity index (χ0) is 21.5. The predicted octanol–water partition coefficient (Wildman–Crippen LogP) is 3.73. The van der Waals surface area contributed by atoms with Crippen LogP contribution in [0, 0.1) is 15.3 Å². The molecule has 0 amide bonds. The van der Waals surface area contributed by atoms with Crippen LogP contribution in [0.2, 0.25) is 0 Å². The highest BCUT2D eigenvalue weighted by atomic mass is 16.6. The van der Waals surface area contributed by atoms with Gasteiger partial charge in [0.25, 0.3) is 11.7 Å². The number of non-ortho nitro benzene ring substituents is 1. The number of nitro groups is 1. The summed E-state index contributed by atoms with van der Waals surface area (Å²) in [5.74, 6) is -0.687.